The fourth-order valence-electron chi connectivity index (χ4n) is 1.22. The largest absolute Gasteiger partial charge is 0.369 e. The van der Waals surface area contributed by atoms with Crippen molar-refractivity contribution in [2.24, 2.45) is 11.7 Å². The number of aromatic amines is 1. The molecule has 0 spiro atoms. The second-order valence-corrected chi connectivity index (χ2v) is 3.06. The number of hydrogen-bond donors (Lipinski definition) is 2. The Kier molecular flexibility index (Phi) is 1.88. The van der Waals surface area contributed by atoms with E-state index in [-0.39, 0.29) is 23.6 Å². The van der Waals surface area contributed by atoms with Crippen LogP contribution in [-0.4, -0.2) is 50.4 Å². The predicted octanol–water partition coefficient (Wildman–Crippen LogP) is -2.24. The van der Waals surface area contributed by atoms with Crippen molar-refractivity contribution in [1.29, 1.82) is 0 Å². The molecule has 0 unspecified atom stereocenters. The summed E-state index contributed by atoms with van der Waals surface area (Å²) in [5.74, 6) is -0.861. The molecular weight excluding hydrogens is 188 g/mol. The van der Waals surface area contributed by atoms with E-state index < -0.39 is 0 Å². The first-order valence-corrected chi connectivity index (χ1v) is 4.01. The molecule has 0 atom stereocenters. The highest BCUT2D eigenvalue weighted by Crippen LogP contribution is 2.16. The molecule has 1 fully saturated rings. The van der Waals surface area contributed by atoms with Crippen LogP contribution in [0.4, 0.5) is 0 Å². The number of rotatable bonds is 2. The van der Waals surface area contributed by atoms with Crippen LogP contribution in [0.25, 0.3) is 0 Å². The summed E-state index contributed by atoms with van der Waals surface area (Å²) < 4.78 is 0. The Bertz CT molecular complexity index is 354. The van der Waals surface area contributed by atoms with Crippen LogP contribution in [0.2, 0.25) is 0 Å². The SMILES string of the molecule is NC(=O)C1CN(C(=O)c2nnn[nH]2)C1. The number of H-pyrrole nitrogens is 1. The molecule has 2 amide bonds. The molecule has 2 heterocycles. The summed E-state index contributed by atoms with van der Waals surface area (Å²) in [4.78, 5) is 23.6. The van der Waals surface area contributed by atoms with Crippen LogP contribution in [0.3, 0.4) is 0 Å². The summed E-state index contributed by atoms with van der Waals surface area (Å²) >= 11 is 0. The van der Waals surface area contributed by atoms with Crippen LogP contribution in [0.1, 0.15) is 10.6 Å². The molecule has 0 saturated carbocycles. The van der Waals surface area contributed by atoms with Crippen molar-refractivity contribution in [3.05, 3.63) is 5.82 Å². The molecule has 3 N–H and O–H groups in total. The van der Waals surface area contributed by atoms with Crippen molar-refractivity contribution in [3.63, 3.8) is 0 Å². The second kappa shape index (κ2) is 3.05. The Hall–Kier alpha value is -1.99. The summed E-state index contributed by atoms with van der Waals surface area (Å²) in [7, 11) is 0. The van der Waals surface area contributed by atoms with Gasteiger partial charge in [0.15, 0.2) is 0 Å². The average Bonchev–Trinajstić information content (AvgIpc) is 2.51. The number of nitrogens with two attached hydrogens (primary N) is 1. The van der Waals surface area contributed by atoms with Crippen LogP contribution >= 0.6 is 0 Å². The topological polar surface area (TPSA) is 118 Å². The van der Waals surface area contributed by atoms with E-state index in [9.17, 15) is 9.59 Å². The van der Waals surface area contributed by atoms with Gasteiger partial charge in [-0.3, -0.25) is 9.59 Å². The van der Waals surface area contributed by atoms with Gasteiger partial charge in [-0.2, -0.15) is 0 Å². The van der Waals surface area contributed by atoms with Gasteiger partial charge in [-0.05, 0) is 10.4 Å². The van der Waals surface area contributed by atoms with E-state index in [1.807, 2.05) is 0 Å². The molecule has 1 aliphatic heterocycles. The van der Waals surface area contributed by atoms with Gasteiger partial charge in [0.1, 0.15) is 0 Å². The lowest BCUT2D eigenvalue weighted by molar-refractivity contribution is -0.125. The Morgan fingerprint density at radius 2 is 2.21 bits per heavy atom. The molecule has 74 valence electrons. The first-order valence-electron chi connectivity index (χ1n) is 4.01. The van der Waals surface area contributed by atoms with Crippen molar-refractivity contribution in [3.8, 4) is 0 Å². The molecule has 0 radical (unpaired) electrons. The number of aromatic nitrogens is 4. The number of nitrogens with one attached hydrogen (secondary N) is 1. The summed E-state index contributed by atoms with van der Waals surface area (Å²) in [5.41, 5.74) is 5.05. The number of primary amides is 1. The summed E-state index contributed by atoms with van der Waals surface area (Å²) in [6, 6.07) is 0. The zero-order valence-electron chi connectivity index (χ0n) is 7.17. The van der Waals surface area contributed by atoms with E-state index in [1.165, 1.54) is 4.90 Å². The van der Waals surface area contributed by atoms with Crippen LogP contribution in [0.15, 0.2) is 0 Å². The van der Waals surface area contributed by atoms with E-state index in [4.69, 9.17) is 5.73 Å². The zero-order chi connectivity index (χ0) is 10.1. The van der Waals surface area contributed by atoms with Gasteiger partial charge in [0, 0.05) is 13.1 Å². The molecule has 8 heteroatoms. The van der Waals surface area contributed by atoms with Crippen LogP contribution in [0, 0.1) is 5.92 Å². The quantitative estimate of drug-likeness (QED) is 0.554. The van der Waals surface area contributed by atoms with Gasteiger partial charge in [-0.15, -0.1) is 5.10 Å². The summed E-state index contributed by atoms with van der Waals surface area (Å²) in [5, 5.41) is 12.4. The normalized spacial score (nSPS) is 16.4. The third kappa shape index (κ3) is 1.30. The minimum Gasteiger partial charge on any atom is -0.369 e. The number of likely N-dealkylation sites (tertiary alicyclic amines) is 1. The number of nitrogens with zero attached hydrogens (tertiary/aromatic N) is 4. The molecule has 14 heavy (non-hydrogen) atoms. The Labute approximate surface area is 78.4 Å². The van der Waals surface area contributed by atoms with Gasteiger partial charge in [-0.25, -0.2) is 5.10 Å². The third-order valence-electron chi connectivity index (χ3n) is 2.12. The zero-order valence-corrected chi connectivity index (χ0v) is 7.17. The highest BCUT2D eigenvalue weighted by Gasteiger charge is 2.35. The maximum Gasteiger partial charge on any atom is 0.293 e. The average molecular weight is 196 g/mol. The summed E-state index contributed by atoms with van der Waals surface area (Å²) in [6.45, 7) is 0.684. The van der Waals surface area contributed by atoms with Crippen LogP contribution in [-0.2, 0) is 4.79 Å². The maximum absolute atomic E-state index is 11.5. The van der Waals surface area contributed by atoms with Crippen molar-refractivity contribution in [2.75, 3.05) is 13.1 Å². The van der Waals surface area contributed by atoms with Crippen LogP contribution < -0.4 is 5.73 Å². The lowest BCUT2D eigenvalue weighted by atomic mass is 10.00. The summed E-state index contributed by atoms with van der Waals surface area (Å²) in [6.07, 6.45) is 0. The Morgan fingerprint density at radius 1 is 1.50 bits per heavy atom. The molecular formula is C6H8N6O2. The van der Waals surface area contributed by atoms with Gasteiger partial charge in [0.05, 0.1) is 5.92 Å². The Morgan fingerprint density at radius 3 is 2.71 bits per heavy atom. The fraction of sp³-hybridized carbons (Fsp3) is 0.500. The van der Waals surface area contributed by atoms with E-state index in [1.54, 1.807) is 0 Å². The van der Waals surface area contributed by atoms with Crippen molar-refractivity contribution in [2.45, 2.75) is 0 Å². The molecule has 1 aromatic heterocycles. The maximum atomic E-state index is 11.5. The monoisotopic (exact) mass is 196 g/mol. The van der Waals surface area contributed by atoms with Gasteiger partial charge >= 0.3 is 0 Å². The van der Waals surface area contributed by atoms with Gasteiger partial charge in [0.2, 0.25) is 11.7 Å². The number of carbonyl (C=O) groups excluding carboxylic acids is 2. The van der Waals surface area contributed by atoms with Gasteiger partial charge in [0.25, 0.3) is 5.91 Å². The predicted molar refractivity (Wildman–Crippen MR) is 42.8 cm³/mol. The first kappa shape index (κ1) is 8.60. The minimum absolute atomic E-state index is 0.0768. The first-order chi connectivity index (χ1) is 6.68. The number of tetrazole rings is 1. The van der Waals surface area contributed by atoms with Crippen LogP contribution in [0.5, 0.6) is 0 Å². The Balaban J connectivity index is 1.95. The second-order valence-electron chi connectivity index (χ2n) is 3.06. The van der Waals surface area contributed by atoms with E-state index in [0.29, 0.717) is 13.1 Å². The molecule has 2 rings (SSSR count). The standard InChI is InChI=1S/C6H8N6O2/c7-4(13)3-1-12(2-3)6(14)5-8-10-11-9-5/h3H,1-2H2,(H2,7,13)(H,8,9,10,11). The molecule has 0 aliphatic carbocycles. The van der Waals surface area contributed by atoms with Crippen molar-refractivity contribution < 1.29 is 9.59 Å². The number of hydrogen-bond acceptors (Lipinski definition) is 5. The lowest BCUT2D eigenvalue weighted by Gasteiger charge is -2.36. The van der Waals surface area contributed by atoms with E-state index in [0.717, 1.165) is 0 Å². The van der Waals surface area contributed by atoms with Gasteiger partial charge in [-0.1, -0.05) is 0 Å². The van der Waals surface area contributed by atoms with Crippen molar-refractivity contribution >= 4 is 11.8 Å². The third-order valence-corrected chi connectivity index (χ3v) is 2.12. The smallest absolute Gasteiger partial charge is 0.293 e. The van der Waals surface area contributed by atoms with Crippen molar-refractivity contribution in [1.82, 2.24) is 25.5 Å². The van der Waals surface area contributed by atoms with E-state index >= 15 is 0 Å². The highest BCUT2D eigenvalue weighted by molar-refractivity contribution is 5.92. The lowest BCUT2D eigenvalue weighted by Crippen LogP contribution is -2.55. The number of carbonyl (C=O) groups is 2. The van der Waals surface area contributed by atoms with E-state index in [2.05, 4.69) is 20.6 Å². The molecule has 1 saturated heterocycles. The molecule has 8 nitrogen and oxygen atoms in total. The molecule has 1 aliphatic rings. The highest BCUT2D eigenvalue weighted by atomic mass is 16.2. The van der Waals surface area contributed by atoms with Gasteiger partial charge < -0.3 is 10.6 Å². The molecule has 0 aromatic carbocycles. The number of amides is 2. The molecule has 1 aromatic rings. The molecule has 0 bridgehead atoms. The minimum atomic E-state index is -0.384. The fourth-order valence-corrected chi connectivity index (χ4v) is 1.22.